The molecular formula is C12H17NOS. The van der Waals surface area contributed by atoms with Crippen molar-refractivity contribution in [3.63, 3.8) is 0 Å². The third-order valence-electron chi connectivity index (χ3n) is 3.07. The van der Waals surface area contributed by atoms with E-state index in [-0.39, 0.29) is 0 Å². The van der Waals surface area contributed by atoms with Gasteiger partial charge in [-0.2, -0.15) is 0 Å². The van der Waals surface area contributed by atoms with Crippen LogP contribution in [-0.4, -0.2) is 24.3 Å². The van der Waals surface area contributed by atoms with Crippen molar-refractivity contribution >= 4 is 17.6 Å². The number of likely N-dealkylation sites (tertiary alicyclic amines) is 1. The van der Waals surface area contributed by atoms with E-state index in [4.69, 9.17) is 0 Å². The molecule has 2 heterocycles. The van der Waals surface area contributed by atoms with E-state index in [1.54, 1.807) is 11.3 Å². The summed E-state index contributed by atoms with van der Waals surface area (Å²) in [5.74, 6) is 0.884. The van der Waals surface area contributed by atoms with Crippen LogP contribution in [0.3, 0.4) is 0 Å². The highest BCUT2D eigenvalue weighted by atomic mass is 32.1. The molecule has 0 amide bonds. The molecule has 82 valence electrons. The van der Waals surface area contributed by atoms with Crippen LogP contribution in [0.5, 0.6) is 0 Å². The molecule has 2 nitrogen and oxygen atoms in total. The molecule has 3 heteroatoms. The average molecular weight is 223 g/mol. The predicted molar refractivity (Wildman–Crippen MR) is 63.4 cm³/mol. The molecule has 0 aliphatic carbocycles. The smallest absolute Gasteiger partial charge is 0.160 e. The van der Waals surface area contributed by atoms with Crippen LogP contribution >= 0.6 is 11.3 Å². The molecule has 1 aliphatic heterocycles. The summed E-state index contributed by atoms with van der Waals surface area (Å²) in [7, 11) is 0. The van der Waals surface area contributed by atoms with Crippen LogP contribution in [0.1, 0.15) is 35.0 Å². The van der Waals surface area contributed by atoms with Gasteiger partial charge in [0.1, 0.15) is 0 Å². The van der Waals surface area contributed by atoms with Crippen LogP contribution in [0.2, 0.25) is 0 Å². The van der Waals surface area contributed by atoms with E-state index in [1.165, 1.54) is 31.5 Å². The Labute approximate surface area is 94.9 Å². The molecule has 0 aromatic carbocycles. The van der Waals surface area contributed by atoms with E-state index in [0.717, 1.165) is 23.6 Å². The van der Waals surface area contributed by atoms with Gasteiger partial charge in [-0.15, -0.1) is 11.3 Å². The molecule has 2 rings (SSSR count). The quantitative estimate of drug-likeness (QED) is 0.734. The fraction of sp³-hybridized carbons (Fsp3) is 0.583. The maximum absolute atomic E-state index is 10.6. The molecule has 0 saturated carbocycles. The number of thiophene rings is 1. The first kappa shape index (κ1) is 10.8. The van der Waals surface area contributed by atoms with Crippen LogP contribution < -0.4 is 0 Å². The van der Waals surface area contributed by atoms with Crippen molar-refractivity contribution in [2.75, 3.05) is 13.1 Å². The van der Waals surface area contributed by atoms with E-state index in [2.05, 4.69) is 17.2 Å². The van der Waals surface area contributed by atoms with Crippen molar-refractivity contribution in [3.05, 3.63) is 21.9 Å². The summed E-state index contributed by atoms with van der Waals surface area (Å²) < 4.78 is 0. The minimum Gasteiger partial charge on any atom is -0.299 e. The molecule has 1 aliphatic rings. The number of hydrogen-bond acceptors (Lipinski definition) is 3. The van der Waals surface area contributed by atoms with E-state index < -0.39 is 0 Å². The molecule has 15 heavy (non-hydrogen) atoms. The third kappa shape index (κ3) is 2.89. The maximum Gasteiger partial charge on any atom is 0.160 e. The molecule has 1 aromatic rings. The van der Waals surface area contributed by atoms with Gasteiger partial charge in [0.05, 0.1) is 4.88 Å². The van der Waals surface area contributed by atoms with Crippen LogP contribution in [0.25, 0.3) is 0 Å². The molecule has 0 radical (unpaired) electrons. The fourth-order valence-electron chi connectivity index (χ4n) is 2.02. The van der Waals surface area contributed by atoms with Crippen molar-refractivity contribution in [3.8, 4) is 0 Å². The second-order valence-corrected chi connectivity index (χ2v) is 5.38. The van der Waals surface area contributed by atoms with Crippen LogP contribution in [0.4, 0.5) is 0 Å². The maximum atomic E-state index is 10.6. The molecule has 1 aromatic heterocycles. The number of piperidine rings is 1. The van der Waals surface area contributed by atoms with E-state index in [9.17, 15) is 4.79 Å². The fourth-order valence-corrected chi connectivity index (χ4v) is 2.72. The summed E-state index contributed by atoms with van der Waals surface area (Å²) in [4.78, 5) is 13.9. The Hall–Kier alpha value is -0.670. The predicted octanol–water partition coefficient (Wildman–Crippen LogP) is 2.79. The Morgan fingerprint density at radius 1 is 1.53 bits per heavy atom. The minimum atomic E-state index is 0.843. The summed E-state index contributed by atoms with van der Waals surface area (Å²) >= 11 is 1.54. The zero-order valence-electron chi connectivity index (χ0n) is 9.11. The Balaban J connectivity index is 1.88. The highest BCUT2D eigenvalue weighted by molar-refractivity contribution is 7.11. The monoisotopic (exact) mass is 223 g/mol. The van der Waals surface area contributed by atoms with Gasteiger partial charge in [0.2, 0.25) is 0 Å². The van der Waals surface area contributed by atoms with Crippen LogP contribution in [0, 0.1) is 5.92 Å². The Morgan fingerprint density at radius 2 is 2.27 bits per heavy atom. The zero-order valence-corrected chi connectivity index (χ0v) is 9.93. The lowest BCUT2D eigenvalue weighted by molar-refractivity contribution is 0.112. The van der Waals surface area contributed by atoms with Gasteiger partial charge in [0, 0.05) is 6.54 Å². The van der Waals surface area contributed by atoms with E-state index in [1.807, 2.05) is 6.07 Å². The molecule has 0 N–H and O–H groups in total. The van der Waals surface area contributed by atoms with Gasteiger partial charge in [0.25, 0.3) is 0 Å². The molecule has 0 spiro atoms. The SMILES string of the molecule is CC1CCN(Cc2csc(C=O)c2)CC1. The highest BCUT2D eigenvalue weighted by Crippen LogP contribution is 2.20. The lowest BCUT2D eigenvalue weighted by Crippen LogP contribution is -2.32. The van der Waals surface area contributed by atoms with Crippen molar-refractivity contribution in [2.24, 2.45) is 5.92 Å². The van der Waals surface area contributed by atoms with Crippen molar-refractivity contribution in [1.82, 2.24) is 4.90 Å². The first-order valence-electron chi connectivity index (χ1n) is 5.53. The Kier molecular flexibility index (Phi) is 3.54. The van der Waals surface area contributed by atoms with Crippen LogP contribution in [0.15, 0.2) is 11.4 Å². The minimum absolute atomic E-state index is 0.843. The molecule has 1 saturated heterocycles. The van der Waals surface area contributed by atoms with Gasteiger partial charge in [-0.3, -0.25) is 9.69 Å². The Bertz CT molecular complexity index is 326. The second-order valence-electron chi connectivity index (χ2n) is 4.43. The van der Waals surface area contributed by atoms with Gasteiger partial charge in [-0.1, -0.05) is 6.92 Å². The number of rotatable bonds is 3. The van der Waals surface area contributed by atoms with Gasteiger partial charge < -0.3 is 0 Å². The average Bonchev–Trinajstić information content (AvgIpc) is 2.69. The summed E-state index contributed by atoms with van der Waals surface area (Å²) in [6.07, 6.45) is 3.56. The first-order chi connectivity index (χ1) is 7.28. The number of carbonyl (C=O) groups excluding carboxylic acids is 1. The van der Waals surface area contributed by atoms with Crippen molar-refractivity contribution in [1.29, 1.82) is 0 Å². The standard InChI is InChI=1S/C12H17NOS/c1-10-2-4-13(5-3-10)7-11-6-12(8-14)15-9-11/h6,8-10H,2-5,7H2,1H3. The molecule has 0 bridgehead atoms. The van der Waals surface area contributed by atoms with Gasteiger partial charge in [-0.05, 0) is 48.9 Å². The number of nitrogens with zero attached hydrogens (tertiary/aromatic N) is 1. The van der Waals surface area contributed by atoms with Crippen LogP contribution in [-0.2, 0) is 6.54 Å². The van der Waals surface area contributed by atoms with Crippen molar-refractivity contribution < 1.29 is 4.79 Å². The summed E-state index contributed by atoms with van der Waals surface area (Å²) in [6.45, 7) is 5.74. The topological polar surface area (TPSA) is 20.3 Å². The number of aldehydes is 1. The highest BCUT2D eigenvalue weighted by Gasteiger charge is 2.15. The zero-order chi connectivity index (χ0) is 10.7. The summed E-state index contributed by atoms with van der Waals surface area (Å²) in [6, 6.07) is 2.01. The van der Waals surface area contributed by atoms with Crippen molar-refractivity contribution in [2.45, 2.75) is 26.3 Å². The number of carbonyl (C=O) groups is 1. The summed E-state index contributed by atoms with van der Waals surface area (Å²) in [5, 5.41) is 2.10. The molecular weight excluding hydrogens is 206 g/mol. The Morgan fingerprint density at radius 3 is 2.87 bits per heavy atom. The van der Waals surface area contributed by atoms with E-state index in [0.29, 0.717) is 0 Å². The van der Waals surface area contributed by atoms with Gasteiger partial charge >= 0.3 is 0 Å². The lowest BCUT2D eigenvalue weighted by atomic mass is 9.99. The second kappa shape index (κ2) is 4.90. The third-order valence-corrected chi connectivity index (χ3v) is 3.98. The van der Waals surface area contributed by atoms with Gasteiger partial charge in [0.15, 0.2) is 6.29 Å². The number of hydrogen-bond donors (Lipinski definition) is 0. The molecule has 1 fully saturated rings. The van der Waals surface area contributed by atoms with E-state index >= 15 is 0 Å². The first-order valence-corrected chi connectivity index (χ1v) is 6.41. The summed E-state index contributed by atoms with van der Waals surface area (Å²) in [5.41, 5.74) is 1.29. The lowest BCUT2D eigenvalue weighted by Gasteiger charge is -2.29. The van der Waals surface area contributed by atoms with Gasteiger partial charge in [-0.25, -0.2) is 0 Å². The largest absolute Gasteiger partial charge is 0.299 e. The molecule has 0 atom stereocenters. The normalized spacial score (nSPS) is 19.3. The molecule has 0 unspecified atom stereocenters.